The molecule has 1 saturated heterocycles. The first-order valence-electron chi connectivity index (χ1n) is 10.4. The number of thiophene rings is 1. The standard InChI is InChI=1S/C22H17F2N7OS/c23-14-7-28-19(16-10(5-25)21(26)33-20(14)16)15-13-9-32-8-12(13)11-6-29-22(30-18(11)17(15)24)31-3-1-27-2-4-31/h6-7,27H,1-4,8-9,26H2. The van der Waals surface area contributed by atoms with E-state index in [0.29, 0.717) is 30.0 Å². The topological polar surface area (TPSA) is 113 Å². The Hall–Kier alpha value is -3.46. The van der Waals surface area contributed by atoms with Crippen molar-refractivity contribution in [3.63, 3.8) is 0 Å². The Bertz CT molecular complexity index is 1490. The van der Waals surface area contributed by atoms with Crippen LogP contribution in [0.25, 0.3) is 32.2 Å². The Morgan fingerprint density at radius 1 is 1.15 bits per heavy atom. The van der Waals surface area contributed by atoms with Gasteiger partial charge in [-0.1, -0.05) is 0 Å². The number of hydrogen-bond acceptors (Lipinski definition) is 9. The smallest absolute Gasteiger partial charge is 0.226 e. The Kier molecular flexibility index (Phi) is 4.62. The largest absolute Gasteiger partial charge is 0.389 e. The molecule has 0 atom stereocenters. The SMILES string of the molecule is N#Cc1c(N)sc2c(F)cnc(-c3c4c(c5cnc(N6CCNCC6)nc5c3F)COC4)c12. The lowest BCUT2D eigenvalue weighted by molar-refractivity contribution is 0.135. The molecule has 0 spiro atoms. The molecule has 1 aromatic carbocycles. The van der Waals surface area contributed by atoms with Crippen molar-refractivity contribution < 1.29 is 13.5 Å². The van der Waals surface area contributed by atoms with Crippen molar-refractivity contribution >= 4 is 43.3 Å². The van der Waals surface area contributed by atoms with Crippen LogP contribution in [0.4, 0.5) is 19.7 Å². The zero-order valence-electron chi connectivity index (χ0n) is 17.3. The van der Waals surface area contributed by atoms with E-state index < -0.39 is 11.6 Å². The number of hydrogen-bond donors (Lipinski definition) is 2. The van der Waals surface area contributed by atoms with E-state index in [1.54, 1.807) is 6.20 Å². The van der Waals surface area contributed by atoms with E-state index in [1.165, 1.54) is 0 Å². The van der Waals surface area contributed by atoms with Gasteiger partial charge in [-0.3, -0.25) is 4.98 Å². The molecule has 0 unspecified atom stereocenters. The molecule has 0 aliphatic carbocycles. The van der Waals surface area contributed by atoms with Gasteiger partial charge >= 0.3 is 0 Å². The second-order valence-corrected chi connectivity index (χ2v) is 8.97. The van der Waals surface area contributed by atoms with Crippen molar-refractivity contribution in [3.05, 3.63) is 40.7 Å². The first-order valence-corrected chi connectivity index (χ1v) is 11.2. The predicted octanol–water partition coefficient (Wildman–Crippen LogP) is 3.08. The summed E-state index contributed by atoms with van der Waals surface area (Å²) < 4.78 is 36.6. The Labute approximate surface area is 190 Å². The van der Waals surface area contributed by atoms with Crippen LogP contribution in [-0.2, 0) is 18.0 Å². The van der Waals surface area contributed by atoms with E-state index >= 15 is 4.39 Å². The first-order chi connectivity index (χ1) is 16.1. The summed E-state index contributed by atoms with van der Waals surface area (Å²) in [7, 11) is 0. The van der Waals surface area contributed by atoms with Crippen molar-refractivity contribution in [2.45, 2.75) is 13.2 Å². The molecule has 166 valence electrons. The summed E-state index contributed by atoms with van der Waals surface area (Å²) >= 11 is 0.951. The number of piperazine rings is 1. The number of nitrogen functional groups attached to an aromatic ring is 1. The number of nitriles is 1. The van der Waals surface area contributed by atoms with E-state index in [4.69, 9.17) is 10.5 Å². The highest BCUT2D eigenvalue weighted by atomic mass is 32.1. The lowest BCUT2D eigenvalue weighted by atomic mass is 9.94. The van der Waals surface area contributed by atoms with E-state index in [9.17, 15) is 9.65 Å². The minimum absolute atomic E-state index is 0.0911. The maximum absolute atomic E-state index is 16.2. The number of nitrogens with zero attached hydrogens (tertiary/aromatic N) is 5. The predicted molar refractivity (Wildman–Crippen MR) is 121 cm³/mol. The van der Waals surface area contributed by atoms with Crippen LogP contribution in [0.2, 0.25) is 0 Å². The average Bonchev–Trinajstić information content (AvgIpc) is 3.45. The van der Waals surface area contributed by atoms with E-state index in [-0.39, 0.29) is 50.6 Å². The minimum atomic E-state index is -0.607. The summed E-state index contributed by atoms with van der Waals surface area (Å²) in [6, 6.07) is 2.02. The average molecular weight is 465 g/mol. The second-order valence-electron chi connectivity index (χ2n) is 7.92. The normalized spacial score (nSPS) is 15.8. The quantitative estimate of drug-likeness (QED) is 0.464. The molecule has 33 heavy (non-hydrogen) atoms. The number of nitrogens with two attached hydrogens (primary N) is 1. The number of nitrogens with one attached hydrogen (secondary N) is 1. The number of benzene rings is 1. The molecule has 0 saturated carbocycles. The van der Waals surface area contributed by atoms with Crippen molar-refractivity contribution in [2.75, 3.05) is 36.8 Å². The molecular formula is C22H17F2N7OS. The fourth-order valence-corrected chi connectivity index (χ4v) is 5.48. The van der Waals surface area contributed by atoms with Crippen LogP contribution in [0.3, 0.4) is 0 Å². The maximum Gasteiger partial charge on any atom is 0.226 e. The van der Waals surface area contributed by atoms with Crippen LogP contribution in [-0.4, -0.2) is 41.1 Å². The molecule has 2 aliphatic rings. The highest BCUT2D eigenvalue weighted by Crippen LogP contribution is 2.44. The van der Waals surface area contributed by atoms with E-state index in [2.05, 4.69) is 20.3 Å². The third kappa shape index (κ3) is 2.95. The molecule has 0 radical (unpaired) electrons. The molecular weight excluding hydrogens is 448 g/mol. The van der Waals surface area contributed by atoms with Gasteiger partial charge in [0.2, 0.25) is 5.95 Å². The second kappa shape index (κ2) is 7.55. The van der Waals surface area contributed by atoms with E-state index in [0.717, 1.165) is 36.2 Å². The third-order valence-electron chi connectivity index (χ3n) is 6.13. The lowest BCUT2D eigenvalue weighted by Crippen LogP contribution is -2.44. The van der Waals surface area contributed by atoms with Gasteiger partial charge in [-0.15, -0.1) is 11.3 Å². The highest BCUT2D eigenvalue weighted by molar-refractivity contribution is 7.23. The number of pyridine rings is 1. The fourth-order valence-electron chi connectivity index (χ4n) is 4.56. The number of ether oxygens (including phenoxy) is 1. The lowest BCUT2D eigenvalue weighted by Gasteiger charge is -2.27. The van der Waals surface area contributed by atoms with Gasteiger partial charge in [0, 0.05) is 48.7 Å². The van der Waals surface area contributed by atoms with Crippen LogP contribution < -0.4 is 16.0 Å². The van der Waals surface area contributed by atoms with Crippen molar-refractivity contribution in [2.24, 2.45) is 0 Å². The number of rotatable bonds is 2. The summed E-state index contributed by atoms with van der Waals surface area (Å²) in [5.74, 6) is -0.756. The highest BCUT2D eigenvalue weighted by Gasteiger charge is 2.30. The van der Waals surface area contributed by atoms with Gasteiger partial charge in [0.25, 0.3) is 0 Å². The number of aromatic nitrogens is 3. The van der Waals surface area contributed by atoms with Crippen LogP contribution in [0.5, 0.6) is 0 Å². The minimum Gasteiger partial charge on any atom is -0.389 e. The summed E-state index contributed by atoms with van der Waals surface area (Å²) in [5.41, 5.74) is 7.93. The molecule has 0 bridgehead atoms. The number of halogens is 2. The summed E-state index contributed by atoms with van der Waals surface area (Å²) in [5, 5.41) is 13.9. The fraction of sp³-hybridized carbons (Fsp3) is 0.273. The number of fused-ring (bicyclic) bond motifs is 4. The van der Waals surface area contributed by atoms with Crippen LogP contribution >= 0.6 is 11.3 Å². The third-order valence-corrected chi connectivity index (χ3v) is 7.16. The summed E-state index contributed by atoms with van der Waals surface area (Å²) in [6.07, 6.45) is 2.67. The van der Waals surface area contributed by atoms with Crippen LogP contribution in [0.1, 0.15) is 16.7 Å². The zero-order chi connectivity index (χ0) is 22.7. The Balaban J connectivity index is 1.67. The van der Waals surface area contributed by atoms with E-state index in [1.807, 2.05) is 11.0 Å². The summed E-state index contributed by atoms with van der Waals surface area (Å²) in [6.45, 7) is 3.46. The van der Waals surface area contributed by atoms with Crippen molar-refractivity contribution in [3.8, 4) is 17.3 Å². The molecule has 11 heteroatoms. The van der Waals surface area contributed by atoms with Crippen molar-refractivity contribution in [1.82, 2.24) is 20.3 Å². The Morgan fingerprint density at radius 2 is 1.94 bits per heavy atom. The van der Waals surface area contributed by atoms with Gasteiger partial charge in [0.15, 0.2) is 11.6 Å². The first kappa shape index (κ1) is 20.2. The molecule has 3 aromatic heterocycles. The zero-order valence-corrected chi connectivity index (χ0v) is 18.1. The molecule has 5 heterocycles. The van der Waals surface area contributed by atoms with Crippen LogP contribution in [0.15, 0.2) is 12.4 Å². The van der Waals surface area contributed by atoms with Gasteiger partial charge < -0.3 is 20.7 Å². The summed E-state index contributed by atoms with van der Waals surface area (Å²) in [4.78, 5) is 15.3. The molecule has 1 fully saturated rings. The molecule has 4 aromatic rings. The number of anilines is 2. The molecule has 2 aliphatic heterocycles. The molecule has 6 rings (SSSR count). The molecule has 8 nitrogen and oxygen atoms in total. The molecule has 0 amide bonds. The monoisotopic (exact) mass is 465 g/mol. The van der Waals surface area contributed by atoms with Crippen LogP contribution in [0, 0.1) is 23.0 Å². The van der Waals surface area contributed by atoms with Gasteiger partial charge in [-0.2, -0.15) is 5.26 Å². The Morgan fingerprint density at radius 3 is 2.73 bits per heavy atom. The van der Waals surface area contributed by atoms with Gasteiger partial charge in [0.05, 0.1) is 35.4 Å². The van der Waals surface area contributed by atoms with Gasteiger partial charge in [-0.25, -0.2) is 18.7 Å². The van der Waals surface area contributed by atoms with Gasteiger partial charge in [-0.05, 0) is 11.1 Å². The maximum atomic E-state index is 16.2. The molecule has 3 N–H and O–H groups in total. The van der Waals surface area contributed by atoms with Crippen molar-refractivity contribution in [1.29, 1.82) is 5.26 Å². The van der Waals surface area contributed by atoms with Gasteiger partial charge in [0.1, 0.15) is 16.6 Å².